The topological polar surface area (TPSA) is 84.9 Å². The van der Waals surface area contributed by atoms with E-state index in [1.165, 1.54) is 19.2 Å². The number of ether oxygens (including phenoxy) is 2. The lowest BCUT2D eigenvalue weighted by molar-refractivity contribution is -0.121. The lowest BCUT2D eigenvalue weighted by Crippen LogP contribution is -2.39. The summed E-state index contributed by atoms with van der Waals surface area (Å²) in [5.41, 5.74) is 1.81. The van der Waals surface area contributed by atoms with Crippen molar-refractivity contribution in [3.05, 3.63) is 53.6 Å². The Morgan fingerprint density at radius 1 is 1.11 bits per heavy atom. The first-order chi connectivity index (χ1) is 13.3. The van der Waals surface area contributed by atoms with Crippen molar-refractivity contribution in [1.29, 1.82) is 0 Å². The van der Waals surface area contributed by atoms with Crippen molar-refractivity contribution in [2.24, 2.45) is 0 Å². The number of carbonyl (C=O) groups excluding carboxylic acids is 1. The Morgan fingerprint density at radius 2 is 1.75 bits per heavy atom. The molecule has 2 aromatic carbocycles. The van der Waals surface area contributed by atoms with Gasteiger partial charge in [0.2, 0.25) is 15.9 Å². The summed E-state index contributed by atoms with van der Waals surface area (Å²) in [4.78, 5) is 12.5. The number of aryl methyl sites for hydroxylation is 1. The largest absolute Gasteiger partial charge is 0.486 e. The molecule has 28 heavy (non-hydrogen) atoms. The molecular formula is C20H24N2O5S. The first-order valence-electron chi connectivity index (χ1n) is 8.99. The summed E-state index contributed by atoms with van der Waals surface area (Å²) in [6, 6.07) is 11.7. The second-order valence-electron chi connectivity index (χ2n) is 6.77. The fraction of sp³-hybridized carbons (Fsp3) is 0.350. The minimum atomic E-state index is -3.73. The van der Waals surface area contributed by atoms with Crippen molar-refractivity contribution in [2.45, 2.75) is 24.8 Å². The molecule has 1 heterocycles. The average molecular weight is 404 g/mol. The first kappa shape index (κ1) is 20.2. The van der Waals surface area contributed by atoms with Crippen molar-refractivity contribution < 1.29 is 22.7 Å². The van der Waals surface area contributed by atoms with Crippen LogP contribution in [0.4, 0.5) is 0 Å². The van der Waals surface area contributed by atoms with E-state index in [0.29, 0.717) is 24.7 Å². The standard InChI is InChI=1S/C20H24N2O5S/c1-14-4-7-17(8-5-14)28(24,25)22(3)13-20(23)21-15(2)16-6-9-18-19(12-16)27-11-10-26-18/h4-9,12,15H,10-11,13H2,1-3H3,(H,21,23)/t15-/m1/s1. The van der Waals surface area contributed by atoms with Gasteiger partial charge < -0.3 is 14.8 Å². The SMILES string of the molecule is Cc1ccc(S(=O)(=O)N(C)CC(=O)N[C@H](C)c2ccc3c(c2)OCCO3)cc1. The van der Waals surface area contributed by atoms with Crippen molar-refractivity contribution in [3.63, 3.8) is 0 Å². The van der Waals surface area contributed by atoms with E-state index < -0.39 is 10.0 Å². The molecule has 0 saturated carbocycles. The molecule has 0 unspecified atom stereocenters. The van der Waals surface area contributed by atoms with Crippen molar-refractivity contribution in [1.82, 2.24) is 9.62 Å². The minimum absolute atomic E-state index is 0.160. The van der Waals surface area contributed by atoms with Gasteiger partial charge in [-0.25, -0.2) is 8.42 Å². The van der Waals surface area contributed by atoms with Crippen molar-refractivity contribution in [3.8, 4) is 11.5 Å². The molecule has 0 aliphatic carbocycles. The van der Waals surface area contributed by atoms with Gasteiger partial charge >= 0.3 is 0 Å². The van der Waals surface area contributed by atoms with Crippen LogP contribution in [-0.2, 0) is 14.8 Å². The highest BCUT2D eigenvalue weighted by Crippen LogP contribution is 2.32. The van der Waals surface area contributed by atoms with Gasteiger partial charge in [0.1, 0.15) is 13.2 Å². The molecule has 2 aromatic rings. The number of nitrogens with zero attached hydrogens (tertiary/aromatic N) is 1. The molecule has 150 valence electrons. The Morgan fingerprint density at radius 3 is 2.43 bits per heavy atom. The van der Waals surface area contributed by atoms with E-state index in [-0.39, 0.29) is 23.4 Å². The van der Waals surface area contributed by atoms with Gasteiger partial charge in [0.05, 0.1) is 17.5 Å². The molecule has 1 N–H and O–H groups in total. The maximum absolute atomic E-state index is 12.6. The molecule has 0 saturated heterocycles. The average Bonchev–Trinajstić information content (AvgIpc) is 2.67. The van der Waals surface area contributed by atoms with E-state index >= 15 is 0 Å². The Kier molecular flexibility index (Phi) is 5.90. The van der Waals surface area contributed by atoms with Crippen LogP contribution in [0.2, 0.25) is 0 Å². The molecule has 0 fully saturated rings. The van der Waals surface area contributed by atoms with Gasteiger partial charge in [0, 0.05) is 7.05 Å². The van der Waals surface area contributed by atoms with Crippen LogP contribution >= 0.6 is 0 Å². The van der Waals surface area contributed by atoms with Gasteiger partial charge in [-0.05, 0) is 43.7 Å². The first-order valence-corrected chi connectivity index (χ1v) is 10.4. The van der Waals surface area contributed by atoms with Gasteiger partial charge in [-0.2, -0.15) is 4.31 Å². The second-order valence-corrected chi connectivity index (χ2v) is 8.81. The quantitative estimate of drug-likeness (QED) is 0.798. The highest BCUT2D eigenvalue weighted by molar-refractivity contribution is 7.89. The lowest BCUT2D eigenvalue weighted by Gasteiger charge is -2.22. The van der Waals surface area contributed by atoms with E-state index in [4.69, 9.17) is 9.47 Å². The Labute approximate surface area is 165 Å². The number of hydrogen-bond donors (Lipinski definition) is 1. The molecular weight excluding hydrogens is 380 g/mol. The zero-order valence-electron chi connectivity index (χ0n) is 16.1. The van der Waals surface area contributed by atoms with E-state index in [2.05, 4.69) is 5.32 Å². The Bertz CT molecular complexity index is 957. The van der Waals surface area contributed by atoms with Gasteiger partial charge in [-0.3, -0.25) is 4.79 Å². The molecule has 0 spiro atoms. The predicted molar refractivity (Wildman–Crippen MR) is 105 cm³/mol. The van der Waals surface area contributed by atoms with E-state index in [1.54, 1.807) is 18.2 Å². The third-order valence-electron chi connectivity index (χ3n) is 4.54. The fourth-order valence-electron chi connectivity index (χ4n) is 2.88. The number of likely N-dealkylation sites (N-methyl/N-ethyl adjacent to an activating group) is 1. The maximum atomic E-state index is 12.6. The van der Waals surface area contributed by atoms with E-state index in [0.717, 1.165) is 15.4 Å². The number of benzene rings is 2. The highest BCUT2D eigenvalue weighted by Gasteiger charge is 2.24. The summed E-state index contributed by atoms with van der Waals surface area (Å²) in [7, 11) is -2.33. The number of rotatable bonds is 6. The molecule has 3 rings (SSSR count). The number of carbonyl (C=O) groups is 1. The van der Waals surface area contributed by atoms with Crippen LogP contribution in [-0.4, -0.2) is 45.4 Å². The molecule has 1 aliphatic rings. The number of sulfonamides is 1. The van der Waals surface area contributed by atoms with E-state index in [1.807, 2.05) is 26.0 Å². The third kappa shape index (κ3) is 4.45. The number of nitrogens with one attached hydrogen (secondary N) is 1. The fourth-order valence-corrected chi connectivity index (χ4v) is 4.00. The Balaban J connectivity index is 1.63. The molecule has 8 heteroatoms. The van der Waals surface area contributed by atoms with Crippen LogP contribution in [0.3, 0.4) is 0 Å². The summed E-state index contributed by atoms with van der Waals surface area (Å²) >= 11 is 0. The van der Waals surface area contributed by atoms with Gasteiger partial charge in [0.25, 0.3) is 0 Å². The van der Waals surface area contributed by atoms with Gasteiger partial charge in [-0.15, -0.1) is 0 Å². The van der Waals surface area contributed by atoms with E-state index in [9.17, 15) is 13.2 Å². The molecule has 1 aliphatic heterocycles. The van der Waals surface area contributed by atoms with Crippen LogP contribution in [0.25, 0.3) is 0 Å². The maximum Gasteiger partial charge on any atom is 0.243 e. The molecule has 0 radical (unpaired) electrons. The summed E-state index contributed by atoms with van der Waals surface area (Å²) in [5, 5.41) is 2.83. The summed E-state index contributed by atoms with van der Waals surface area (Å²) < 4.78 is 37.3. The minimum Gasteiger partial charge on any atom is -0.486 e. The lowest BCUT2D eigenvalue weighted by atomic mass is 10.1. The normalized spacial score (nSPS) is 14.6. The number of fused-ring (bicyclic) bond motifs is 1. The molecule has 7 nitrogen and oxygen atoms in total. The summed E-state index contributed by atoms with van der Waals surface area (Å²) in [6.45, 7) is 4.44. The number of amides is 1. The monoisotopic (exact) mass is 404 g/mol. The number of hydrogen-bond acceptors (Lipinski definition) is 5. The smallest absolute Gasteiger partial charge is 0.243 e. The zero-order chi connectivity index (χ0) is 20.3. The van der Waals surface area contributed by atoms with Crippen LogP contribution < -0.4 is 14.8 Å². The highest BCUT2D eigenvalue weighted by atomic mass is 32.2. The Hall–Kier alpha value is -2.58. The van der Waals surface area contributed by atoms with Crippen molar-refractivity contribution >= 4 is 15.9 Å². The van der Waals surface area contributed by atoms with Gasteiger partial charge in [0.15, 0.2) is 11.5 Å². The van der Waals surface area contributed by atoms with Crippen LogP contribution in [0.5, 0.6) is 11.5 Å². The van der Waals surface area contributed by atoms with Crippen LogP contribution in [0, 0.1) is 6.92 Å². The van der Waals surface area contributed by atoms with Crippen LogP contribution in [0.1, 0.15) is 24.1 Å². The second kappa shape index (κ2) is 8.20. The molecule has 1 atom stereocenters. The summed E-state index contributed by atoms with van der Waals surface area (Å²) in [5.74, 6) is 0.932. The molecule has 1 amide bonds. The molecule has 0 bridgehead atoms. The van der Waals surface area contributed by atoms with Crippen molar-refractivity contribution in [2.75, 3.05) is 26.8 Å². The zero-order valence-corrected chi connectivity index (χ0v) is 17.0. The predicted octanol–water partition coefficient (Wildman–Crippen LogP) is 2.26. The van der Waals surface area contributed by atoms with Crippen LogP contribution in [0.15, 0.2) is 47.4 Å². The summed E-state index contributed by atoms with van der Waals surface area (Å²) in [6.07, 6.45) is 0. The third-order valence-corrected chi connectivity index (χ3v) is 6.36. The van der Waals surface area contributed by atoms with Gasteiger partial charge in [-0.1, -0.05) is 23.8 Å². The molecule has 0 aromatic heterocycles.